The van der Waals surface area contributed by atoms with Crippen molar-refractivity contribution in [3.8, 4) is 6.07 Å². The van der Waals surface area contributed by atoms with Gasteiger partial charge in [-0.1, -0.05) is 29.3 Å². The number of nitriles is 1. The van der Waals surface area contributed by atoms with Crippen molar-refractivity contribution in [2.75, 3.05) is 4.72 Å². The van der Waals surface area contributed by atoms with E-state index >= 15 is 0 Å². The van der Waals surface area contributed by atoms with E-state index in [9.17, 15) is 8.42 Å². The highest BCUT2D eigenvalue weighted by atomic mass is 35.5. The van der Waals surface area contributed by atoms with Crippen LogP contribution in [0.25, 0.3) is 0 Å². The maximum absolute atomic E-state index is 12.4. The number of halogens is 2. The van der Waals surface area contributed by atoms with Crippen LogP contribution in [0, 0.1) is 18.3 Å². The molecular weight excluding hydrogens is 331 g/mol. The van der Waals surface area contributed by atoms with Crippen molar-refractivity contribution in [3.63, 3.8) is 0 Å². The van der Waals surface area contributed by atoms with Crippen molar-refractivity contribution in [2.24, 2.45) is 0 Å². The van der Waals surface area contributed by atoms with E-state index in [-0.39, 0.29) is 16.1 Å². The van der Waals surface area contributed by atoms with Crippen LogP contribution >= 0.6 is 23.2 Å². The molecular formula is C14H10Cl2N2O2S. The number of aryl methyl sites for hydroxylation is 1. The number of nitrogens with one attached hydrogen (secondary N) is 1. The summed E-state index contributed by atoms with van der Waals surface area (Å²) in [7, 11) is -3.83. The minimum absolute atomic E-state index is 0.0395. The molecule has 0 atom stereocenters. The van der Waals surface area contributed by atoms with Crippen LogP contribution in [0.15, 0.2) is 41.3 Å². The molecule has 0 aromatic heterocycles. The van der Waals surface area contributed by atoms with Crippen LogP contribution in [0.3, 0.4) is 0 Å². The van der Waals surface area contributed by atoms with Gasteiger partial charge in [0.15, 0.2) is 0 Å². The van der Waals surface area contributed by atoms with Gasteiger partial charge < -0.3 is 0 Å². The number of hydrogen-bond acceptors (Lipinski definition) is 3. The predicted molar refractivity (Wildman–Crippen MR) is 83.2 cm³/mol. The van der Waals surface area contributed by atoms with Crippen LogP contribution in [-0.2, 0) is 10.0 Å². The summed E-state index contributed by atoms with van der Waals surface area (Å²) in [5, 5.41) is 9.52. The lowest BCUT2D eigenvalue weighted by molar-refractivity contribution is 0.600. The van der Waals surface area contributed by atoms with Crippen LogP contribution in [0.2, 0.25) is 10.0 Å². The van der Waals surface area contributed by atoms with Crippen LogP contribution in [0.5, 0.6) is 0 Å². The SMILES string of the molecule is Cc1ccc(C#N)cc1S(=O)(=O)Nc1cc(Cl)cc(Cl)c1. The lowest BCUT2D eigenvalue weighted by atomic mass is 10.2. The minimum atomic E-state index is -3.83. The molecule has 0 saturated heterocycles. The molecule has 0 heterocycles. The number of anilines is 1. The zero-order valence-electron chi connectivity index (χ0n) is 10.9. The van der Waals surface area contributed by atoms with Crippen molar-refractivity contribution >= 4 is 38.9 Å². The molecule has 0 radical (unpaired) electrons. The monoisotopic (exact) mass is 340 g/mol. The van der Waals surface area contributed by atoms with Crippen molar-refractivity contribution in [1.82, 2.24) is 0 Å². The summed E-state index contributed by atoms with van der Waals surface area (Å²) in [6.45, 7) is 1.65. The molecule has 0 aliphatic heterocycles. The largest absolute Gasteiger partial charge is 0.280 e. The Hall–Kier alpha value is -1.74. The fourth-order valence-corrected chi connectivity index (χ4v) is 3.62. The van der Waals surface area contributed by atoms with E-state index in [1.807, 2.05) is 6.07 Å². The van der Waals surface area contributed by atoms with Crippen LogP contribution < -0.4 is 4.72 Å². The summed E-state index contributed by atoms with van der Waals surface area (Å²) in [4.78, 5) is 0.0395. The van der Waals surface area contributed by atoms with E-state index in [0.29, 0.717) is 15.6 Å². The van der Waals surface area contributed by atoms with Gasteiger partial charge in [-0.2, -0.15) is 5.26 Å². The Balaban J connectivity index is 2.45. The maximum Gasteiger partial charge on any atom is 0.262 e. The quantitative estimate of drug-likeness (QED) is 0.918. The highest BCUT2D eigenvalue weighted by Gasteiger charge is 2.18. The molecule has 21 heavy (non-hydrogen) atoms. The maximum atomic E-state index is 12.4. The number of nitrogens with zero attached hydrogens (tertiary/aromatic N) is 1. The third-order valence-corrected chi connectivity index (χ3v) is 4.68. The van der Waals surface area contributed by atoms with Gasteiger partial charge in [-0.3, -0.25) is 4.72 Å². The summed E-state index contributed by atoms with van der Waals surface area (Å²) >= 11 is 11.7. The van der Waals surface area contributed by atoms with Gasteiger partial charge in [0.2, 0.25) is 0 Å². The third kappa shape index (κ3) is 3.67. The predicted octanol–water partition coefficient (Wildman–Crippen LogP) is 3.97. The molecule has 0 aliphatic carbocycles. The lowest BCUT2D eigenvalue weighted by Gasteiger charge is -2.11. The van der Waals surface area contributed by atoms with Gasteiger partial charge in [0, 0.05) is 10.0 Å². The van der Waals surface area contributed by atoms with Gasteiger partial charge in [0.05, 0.1) is 22.2 Å². The van der Waals surface area contributed by atoms with Gasteiger partial charge >= 0.3 is 0 Å². The summed E-state index contributed by atoms with van der Waals surface area (Å²) in [6, 6.07) is 10.8. The topological polar surface area (TPSA) is 70.0 Å². The highest BCUT2D eigenvalue weighted by molar-refractivity contribution is 7.92. The van der Waals surface area contributed by atoms with Crippen molar-refractivity contribution in [2.45, 2.75) is 11.8 Å². The number of benzene rings is 2. The van der Waals surface area contributed by atoms with Gasteiger partial charge in [0.25, 0.3) is 10.0 Å². The molecule has 1 N–H and O–H groups in total. The molecule has 7 heteroatoms. The second kappa shape index (κ2) is 5.94. The minimum Gasteiger partial charge on any atom is -0.280 e. The second-order valence-electron chi connectivity index (χ2n) is 4.36. The lowest BCUT2D eigenvalue weighted by Crippen LogP contribution is -2.14. The summed E-state index contributed by atoms with van der Waals surface area (Å²) in [5.41, 5.74) is 1.06. The first-order chi connectivity index (χ1) is 9.81. The molecule has 2 aromatic carbocycles. The zero-order valence-corrected chi connectivity index (χ0v) is 13.2. The van der Waals surface area contributed by atoms with Crippen molar-refractivity contribution in [3.05, 3.63) is 57.6 Å². The van der Waals surface area contributed by atoms with E-state index in [1.54, 1.807) is 19.1 Å². The van der Waals surface area contributed by atoms with E-state index in [1.165, 1.54) is 24.3 Å². The van der Waals surface area contributed by atoms with E-state index < -0.39 is 10.0 Å². The normalized spacial score (nSPS) is 11.0. The Morgan fingerprint density at radius 3 is 2.29 bits per heavy atom. The molecule has 2 rings (SSSR count). The van der Waals surface area contributed by atoms with Crippen molar-refractivity contribution in [1.29, 1.82) is 5.26 Å². The zero-order chi connectivity index (χ0) is 15.6. The third-order valence-electron chi connectivity index (χ3n) is 2.72. The molecule has 0 amide bonds. The van der Waals surface area contributed by atoms with Crippen LogP contribution in [0.1, 0.15) is 11.1 Å². The molecule has 0 fully saturated rings. The number of sulfonamides is 1. The van der Waals surface area contributed by atoms with Crippen LogP contribution in [-0.4, -0.2) is 8.42 Å². The second-order valence-corrected chi connectivity index (χ2v) is 6.88. The first-order valence-corrected chi connectivity index (χ1v) is 8.05. The Morgan fingerprint density at radius 1 is 1.10 bits per heavy atom. The average molecular weight is 341 g/mol. The molecule has 2 aromatic rings. The van der Waals surface area contributed by atoms with E-state index in [2.05, 4.69) is 4.72 Å². The average Bonchev–Trinajstić information content (AvgIpc) is 2.37. The first kappa shape index (κ1) is 15.6. The van der Waals surface area contributed by atoms with Crippen LogP contribution in [0.4, 0.5) is 5.69 Å². The van der Waals surface area contributed by atoms with E-state index in [0.717, 1.165) is 0 Å². The summed E-state index contributed by atoms with van der Waals surface area (Å²) < 4.78 is 27.2. The van der Waals surface area contributed by atoms with Gasteiger partial charge in [-0.15, -0.1) is 0 Å². The van der Waals surface area contributed by atoms with Gasteiger partial charge in [-0.05, 0) is 42.8 Å². The molecule has 0 aliphatic rings. The fraction of sp³-hybridized carbons (Fsp3) is 0.0714. The Labute approximate surface area is 133 Å². The fourth-order valence-electron chi connectivity index (χ4n) is 1.78. The van der Waals surface area contributed by atoms with E-state index in [4.69, 9.17) is 28.5 Å². The summed E-state index contributed by atoms with van der Waals surface area (Å²) in [5.74, 6) is 0. The Bertz CT molecular complexity index is 822. The standard InChI is InChI=1S/C14H10Cl2N2O2S/c1-9-2-3-10(8-17)4-14(9)21(19,20)18-13-6-11(15)5-12(16)7-13/h2-7,18H,1H3. The molecule has 0 saturated carbocycles. The highest BCUT2D eigenvalue weighted by Crippen LogP contribution is 2.26. The van der Waals surface area contributed by atoms with Gasteiger partial charge in [-0.25, -0.2) is 8.42 Å². The molecule has 4 nitrogen and oxygen atoms in total. The number of rotatable bonds is 3. The molecule has 108 valence electrons. The molecule has 0 unspecified atom stereocenters. The van der Waals surface area contributed by atoms with Crippen molar-refractivity contribution < 1.29 is 8.42 Å². The van der Waals surface area contributed by atoms with Gasteiger partial charge in [0.1, 0.15) is 0 Å². The first-order valence-electron chi connectivity index (χ1n) is 5.81. The Kier molecular flexibility index (Phi) is 4.43. The molecule has 0 bridgehead atoms. The Morgan fingerprint density at radius 2 is 1.71 bits per heavy atom. The number of hydrogen-bond donors (Lipinski definition) is 1. The molecule has 0 spiro atoms. The summed E-state index contributed by atoms with van der Waals surface area (Å²) in [6.07, 6.45) is 0. The smallest absolute Gasteiger partial charge is 0.262 e.